The minimum absolute atomic E-state index is 0.0287. The molecule has 0 atom stereocenters. The van der Waals surface area contributed by atoms with Crippen molar-refractivity contribution >= 4 is 54.7 Å². The molecule has 1 aromatic heterocycles. The lowest BCUT2D eigenvalue weighted by Crippen LogP contribution is -1.99. The molecule has 0 bridgehead atoms. The molecule has 0 saturated carbocycles. The molecule has 0 fully saturated rings. The van der Waals surface area contributed by atoms with E-state index in [1.807, 2.05) is 23.6 Å². The van der Waals surface area contributed by atoms with Gasteiger partial charge in [0.05, 0.1) is 0 Å². The first-order valence-corrected chi connectivity index (χ1v) is 7.68. The van der Waals surface area contributed by atoms with E-state index in [0.29, 0.717) is 10.6 Å². The third kappa shape index (κ3) is 2.34. The molecule has 94 valence electrons. The summed E-state index contributed by atoms with van der Waals surface area (Å²) in [5.41, 5.74) is 1.40. The molecule has 0 aliphatic carbocycles. The summed E-state index contributed by atoms with van der Waals surface area (Å²) in [6, 6.07) is 12.9. The molecule has 0 amide bonds. The highest BCUT2D eigenvalue weighted by atomic mass is 79.9. The van der Waals surface area contributed by atoms with Crippen LogP contribution in [0.2, 0.25) is 5.02 Å². The van der Waals surface area contributed by atoms with Gasteiger partial charge in [-0.05, 0) is 46.3 Å². The molecular weight excluding hydrogens is 344 g/mol. The van der Waals surface area contributed by atoms with Crippen LogP contribution in [0.25, 0.3) is 10.1 Å². The maximum Gasteiger partial charge on any atom is 0.194 e. The number of ketones is 1. The molecule has 1 heterocycles. The maximum atomic E-state index is 12.5. The highest BCUT2D eigenvalue weighted by Crippen LogP contribution is 2.33. The summed E-state index contributed by atoms with van der Waals surface area (Å²) in [7, 11) is 0. The summed E-state index contributed by atoms with van der Waals surface area (Å²) < 4.78 is 2.12. The third-order valence-electron chi connectivity index (χ3n) is 2.90. The number of thiophene rings is 1. The van der Waals surface area contributed by atoms with E-state index in [1.165, 1.54) is 0 Å². The molecule has 3 aromatic rings. The zero-order chi connectivity index (χ0) is 13.4. The van der Waals surface area contributed by atoms with E-state index in [4.69, 9.17) is 11.6 Å². The lowest BCUT2D eigenvalue weighted by molar-refractivity contribution is 0.104. The van der Waals surface area contributed by atoms with Crippen LogP contribution in [0.15, 0.2) is 52.3 Å². The predicted octanol–water partition coefficient (Wildman–Crippen LogP) is 5.55. The van der Waals surface area contributed by atoms with Crippen LogP contribution in [0.1, 0.15) is 15.9 Å². The third-order valence-corrected chi connectivity index (χ3v) is 5.11. The van der Waals surface area contributed by atoms with E-state index in [0.717, 1.165) is 20.1 Å². The first kappa shape index (κ1) is 12.9. The Labute approximate surface area is 128 Å². The van der Waals surface area contributed by atoms with Gasteiger partial charge >= 0.3 is 0 Å². The van der Waals surface area contributed by atoms with E-state index in [-0.39, 0.29) is 5.78 Å². The number of rotatable bonds is 2. The molecule has 0 radical (unpaired) electrons. The summed E-state index contributed by atoms with van der Waals surface area (Å²) >= 11 is 10.9. The molecule has 0 N–H and O–H groups in total. The Morgan fingerprint density at radius 3 is 2.58 bits per heavy atom. The maximum absolute atomic E-state index is 12.5. The molecule has 2 aromatic carbocycles. The zero-order valence-corrected chi connectivity index (χ0v) is 12.8. The second-order valence-electron chi connectivity index (χ2n) is 4.10. The Morgan fingerprint density at radius 2 is 1.84 bits per heavy atom. The van der Waals surface area contributed by atoms with E-state index >= 15 is 0 Å². The lowest BCUT2D eigenvalue weighted by atomic mass is 10.0. The molecule has 19 heavy (non-hydrogen) atoms. The molecule has 0 unspecified atom stereocenters. The predicted molar refractivity (Wildman–Crippen MR) is 84.4 cm³/mol. The van der Waals surface area contributed by atoms with Crippen LogP contribution >= 0.6 is 38.9 Å². The first-order chi connectivity index (χ1) is 9.16. The topological polar surface area (TPSA) is 17.1 Å². The van der Waals surface area contributed by atoms with Gasteiger partial charge < -0.3 is 0 Å². The van der Waals surface area contributed by atoms with E-state index in [1.54, 1.807) is 35.6 Å². The lowest BCUT2D eigenvalue weighted by Gasteiger charge is -2.00. The second kappa shape index (κ2) is 5.08. The van der Waals surface area contributed by atoms with Crippen molar-refractivity contribution < 1.29 is 4.79 Å². The van der Waals surface area contributed by atoms with Crippen LogP contribution in [0.4, 0.5) is 0 Å². The molecule has 1 nitrogen and oxygen atoms in total. The van der Waals surface area contributed by atoms with Crippen molar-refractivity contribution in [2.45, 2.75) is 0 Å². The van der Waals surface area contributed by atoms with Crippen molar-refractivity contribution in [2.75, 3.05) is 0 Å². The molecule has 0 aliphatic heterocycles. The van der Waals surface area contributed by atoms with Gasteiger partial charge in [-0.3, -0.25) is 4.79 Å². The van der Waals surface area contributed by atoms with Gasteiger partial charge in [0.15, 0.2) is 5.78 Å². The van der Waals surface area contributed by atoms with Crippen LogP contribution < -0.4 is 0 Å². The van der Waals surface area contributed by atoms with Gasteiger partial charge in [-0.2, -0.15) is 0 Å². The summed E-state index contributed by atoms with van der Waals surface area (Å²) in [6.45, 7) is 0. The van der Waals surface area contributed by atoms with Crippen molar-refractivity contribution in [3.8, 4) is 0 Å². The number of hydrogen-bond acceptors (Lipinski definition) is 2. The van der Waals surface area contributed by atoms with Gasteiger partial charge in [-0.1, -0.05) is 23.7 Å². The highest BCUT2D eigenvalue weighted by molar-refractivity contribution is 9.10. The Morgan fingerprint density at radius 1 is 1.11 bits per heavy atom. The normalized spacial score (nSPS) is 10.8. The second-order valence-corrected chi connectivity index (χ2v) is 6.27. The van der Waals surface area contributed by atoms with Crippen LogP contribution in [0.3, 0.4) is 0 Å². The van der Waals surface area contributed by atoms with Crippen molar-refractivity contribution in [2.24, 2.45) is 0 Å². The largest absolute Gasteiger partial charge is 0.289 e. The van der Waals surface area contributed by atoms with E-state index in [2.05, 4.69) is 15.9 Å². The minimum atomic E-state index is 0.0287. The minimum Gasteiger partial charge on any atom is -0.289 e. The average molecular weight is 352 g/mol. The highest BCUT2D eigenvalue weighted by Gasteiger charge is 2.15. The fourth-order valence-corrected chi connectivity index (χ4v) is 3.68. The molecular formula is C15H8BrClOS. The standard InChI is InChI=1S/C15H8BrClOS/c16-13-3-1-2-11-12(8-19-15(11)13)14(18)9-4-6-10(17)7-5-9/h1-8H. The van der Waals surface area contributed by atoms with Gasteiger partial charge in [0.25, 0.3) is 0 Å². The average Bonchev–Trinajstić information content (AvgIpc) is 2.84. The monoisotopic (exact) mass is 350 g/mol. The Kier molecular flexibility index (Phi) is 3.44. The van der Waals surface area contributed by atoms with Crippen molar-refractivity contribution in [1.29, 1.82) is 0 Å². The van der Waals surface area contributed by atoms with Crippen molar-refractivity contribution in [1.82, 2.24) is 0 Å². The smallest absolute Gasteiger partial charge is 0.194 e. The van der Waals surface area contributed by atoms with Crippen molar-refractivity contribution in [3.05, 3.63) is 68.5 Å². The number of hydrogen-bond donors (Lipinski definition) is 0. The molecule has 0 aliphatic rings. The molecule has 4 heteroatoms. The number of benzene rings is 2. The number of fused-ring (bicyclic) bond motifs is 1. The summed E-state index contributed by atoms with van der Waals surface area (Å²) in [5.74, 6) is 0.0287. The van der Waals surface area contributed by atoms with Gasteiger partial charge in [0.1, 0.15) is 0 Å². The summed E-state index contributed by atoms with van der Waals surface area (Å²) in [6.07, 6.45) is 0. The Balaban J connectivity index is 2.12. The fourth-order valence-electron chi connectivity index (χ4n) is 1.95. The van der Waals surface area contributed by atoms with Gasteiger partial charge in [0.2, 0.25) is 0 Å². The van der Waals surface area contributed by atoms with Crippen LogP contribution in [-0.4, -0.2) is 5.78 Å². The Bertz CT molecular complexity index is 761. The number of carbonyl (C=O) groups is 1. The van der Waals surface area contributed by atoms with E-state index < -0.39 is 0 Å². The Hall–Kier alpha value is -1.16. The van der Waals surface area contributed by atoms with E-state index in [9.17, 15) is 4.79 Å². The molecule has 0 saturated heterocycles. The van der Waals surface area contributed by atoms with Crippen LogP contribution in [0.5, 0.6) is 0 Å². The number of carbonyl (C=O) groups excluding carboxylic acids is 1. The van der Waals surface area contributed by atoms with Crippen LogP contribution in [-0.2, 0) is 0 Å². The fraction of sp³-hybridized carbons (Fsp3) is 0. The SMILES string of the molecule is O=C(c1ccc(Cl)cc1)c1csc2c(Br)cccc12. The first-order valence-electron chi connectivity index (χ1n) is 5.63. The molecule has 0 spiro atoms. The zero-order valence-electron chi connectivity index (χ0n) is 9.69. The van der Waals surface area contributed by atoms with Gasteiger partial charge in [-0.15, -0.1) is 11.3 Å². The number of halogens is 2. The quantitative estimate of drug-likeness (QED) is 0.553. The van der Waals surface area contributed by atoms with Crippen LogP contribution in [0, 0.1) is 0 Å². The van der Waals surface area contributed by atoms with Gasteiger partial charge in [-0.25, -0.2) is 0 Å². The summed E-state index contributed by atoms with van der Waals surface area (Å²) in [5, 5.41) is 3.53. The van der Waals surface area contributed by atoms with Gasteiger partial charge in [0, 0.05) is 36.1 Å². The molecule has 3 rings (SSSR count). The van der Waals surface area contributed by atoms with Crippen molar-refractivity contribution in [3.63, 3.8) is 0 Å². The summed E-state index contributed by atoms with van der Waals surface area (Å²) in [4.78, 5) is 12.5.